The van der Waals surface area contributed by atoms with Gasteiger partial charge < -0.3 is 14.5 Å². The molecule has 1 N–H and O–H groups in total. The summed E-state index contributed by atoms with van der Waals surface area (Å²) >= 11 is 0. The van der Waals surface area contributed by atoms with Crippen LogP contribution in [0.15, 0.2) is 49.1 Å². The van der Waals surface area contributed by atoms with Crippen LogP contribution in [0.3, 0.4) is 0 Å². The molecule has 2 heterocycles. The van der Waals surface area contributed by atoms with E-state index in [1.54, 1.807) is 18.1 Å². The first-order valence-corrected chi connectivity index (χ1v) is 8.34. The molecule has 0 atom stereocenters. The van der Waals surface area contributed by atoms with Crippen molar-refractivity contribution in [2.24, 2.45) is 0 Å². The van der Waals surface area contributed by atoms with Gasteiger partial charge in [-0.05, 0) is 50.2 Å². The first-order chi connectivity index (χ1) is 12.6. The van der Waals surface area contributed by atoms with Crippen LogP contribution >= 0.6 is 0 Å². The fraction of sp³-hybridized carbons (Fsp3) is 0.211. The molecule has 26 heavy (non-hydrogen) atoms. The Morgan fingerprint density at radius 1 is 1.08 bits per heavy atom. The van der Waals surface area contributed by atoms with Crippen molar-refractivity contribution in [3.05, 3.63) is 49.1 Å². The number of H-pyrrole nitrogens is 1. The van der Waals surface area contributed by atoms with E-state index in [4.69, 9.17) is 14.5 Å². The number of rotatable bonds is 5. The Morgan fingerprint density at radius 3 is 2.69 bits per heavy atom. The Kier molecular flexibility index (Phi) is 4.04. The molecule has 7 heteroatoms. The van der Waals surface area contributed by atoms with Crippen molar-refractivity contribution in [1.29, 1.82) is 0 Å². The topological polar surface area (TPSA) is 77.9 Å². The maximum absolute atomic E-state index is 5.86. The second-order valence-corrected chi connectivity index (χ2v) is 6.16. The van der Waals surface area contributed by atoms with Gasteiger partial charge in [-0.25, -0.2) is 14.6 Å². The molecule has 0 saturated carbocycles. The molecule has 0 aliphatic rings. The molecule has 0 aliphatic heterocycles. The van der Waals surface area contributed by atoms with Gasteiger partial charge in [-0.3, -0.25) is 0 Å². The third-order valence-corrected chi connectivity index (χ3v) is 3.95. The third-order valence-electron chi connectivity index (χ3n) is 3.95. The average molecular weight is 349 g/mol. The molecule has 2 aromatic carbocycles. The van der Waals surface area contributed by atoms with E-state index in [1.165, 1.54) is 6.33 Å². The molecule has 0 amide bonds. The quantitative estimate of drug-likeness (QED) is 0.595. The van der Waals surface area contributed by atoms with Crippen LogP contribution in [0.25, 0.3) is 28.1 Å². The van der Waals surface area contributed by atoms with E-state index in [0.717, 1.165) is 28.1 Å². The van der Waals surface area contributed by atoms with Gasteiger partial charge in [0, 0.05) is 5.56 Å². The van der Waals surface area contributed by atoms with Gasteiger partial charge in [0.1, 0.15) is 18.5 Å². The number of aromatic amines is 1. The third kappa shape index (κ3) is 2.99. The van der Waals surface area contributed by atoms with Crippen LogP contribution in [0.4, 0.5) is 0 Å². The molecule has 0 aliphatic carbocycles. The van der Waals surface area contributed by atoms with Crippen LogP contribution in [0.1, 0.15) is 13.8 Å². The molecule has 7 nitrogen and oxygen atoms in total. The van der Waals surface area contributed by atoms with Gasteiger partial charge in [-0.2, -0.15) is 5.10 Å². The number of hydrogen-bond donors (Lipinski definition) is 1. The summed E-state index contributed by atoms with van der Waals surface area (Å²) in [4.78, 5) is 12.0. The van der Waals surface area contributed by atoms with Gasteiger partial charge in [0.2, 0.25) is 0 Å². The van der Waals surface area contributed by atoms with Crippen molar-refractivity contribution in [3.8, 4) is 28.6 Å². The molecule has 0 spiro atoms. The Hall–Kier alpha value is -3.35. The molecule has 2 aromatic heterocycles. The van der Waals surface area contributed by atoms with Gasteiger partial charge in [-0.1, -0.05) is 0 Å². The lowest BCUT2D eigenvalue weighted by molar-refractivity contribution is 0.230. The molecule has 0 bridgehead atoms. The molecule has 4 aromatic rings. The lowest BCUT2D eigenvalue weighted by atomic mass is 10.2. The zero-order valence-corrected chi connectivity index (χ0v) is 14.8. The molecule has 0 fully saturated rings. The highest BCUT2D eigenvalue weighted by Gasteiger charge is 2.12. The predicted octanol–water partition coefficient (Wildman–Crippen LogP) is 3.61. The summed E-state index contributed by atoms with van der Waals surface area (Å²) in [6, 6.07) is 11.7. The average Bonchev–Trinajstić information content (AvgIpc) is 3.30. The maximum Gasteiger partial charge on any atom is 0.162 e. The summed E-state index contributed by atoms with van der Waals surface area (Å²) < 4.78 is 12.9. The van der Waals surface area contributed by atoms with Crippen molar-refractivity contribution in [1.82, 2.24) is 24.7 Å². The van der Waals surface area contributed by atoms with Crippen LogP contribution in [-0.2, 0) is 0 Å². The van der Waals surface area contributed by atoms with Crippen molar-refractivity contribution in [2.75, 3.05) is 7.11 Å². The number of imidazole rings is 1. The Balaban J connectivity index is 1.74. The largest absolute Gasteiger partial charge is 0.493 e. The van der Waals surface area contributed by atoms with Crippen molar-refractivity contribution >= 4 is 11.0 Å². The van der Waals surface area contributed by atoms with Crippen LogP contribution in [0.2, 0.25) is 0 Å². The zero-order chi connectivity index (χ0) is 18.1. The van der Waals surface area contributed by atoms with E-state index in [2.05, 4.69) is 15.1 Å². The van der Waals surface area contributed by atoms with E-state index in [1.807, 2.05) is 50.2 Å². The molecular formula is C19H19N5O2. The van der Waals surface area contributed by atoms with E-state index in [0.29, 0.717) is 11.5 Å². The Morgan fingerprint density at radius 2 is 1.96 bits per heavy atom. The summed E-state index contributed by atoms with van der Waals surface area (Å²) in [6.45, 7) is 3.97. The van der Waals surface area contributed by atoms with Crippen molar-refractivity contribution < 1.29 is 9.47 Å². The molecule has 132 valence electrons. The highest BCUT2D eigenvalue weighted by molar-refractivity contribution is 5.81. The summed E-state index contributed by atoms with van der Waals surface area (Å²) in [5, 5.41) is 4.15. The second kappa shape index (κ2) is 6.51. The number of aromatic nitrogens is 5. The lowest BCUT2D eigenvalue weighted by Crippen LogP contribution is -2.06. The van der Waals surface area contributed by atoms with E-state index >= 15 is 0 Å². The smallest absolute Gasteiger partial charge is 0.162 e. The van der Waals surface area contributed by atoms with Crippen LogP contribution in [0, 0.1) is 0 Å². The number of ether oxygens (including phenoxy) is 2. The number of fused-ring (bicyclic) bond motifs is 1. The minimum Gasteiger partial charge on any atom is -0.493 e. The molecular weight excluding hydrogens is 330 g/mol. The zero-order valence-electron chi connectivity index (χ0n) is 14.8. The van der Waals surface area contributed by atoms with Gasteiger partial charge >= 0.3 is 0 Å². The fourth-order valence-electron chi connectivity index (χ4n) is 2.79. The van der Waals surface area contributed by atoms with Gasteiger partial charge in [0.15, 0.2) is 11.5 Å². The standard InChI is InChI=1S/C19H19N5O2/c1-12(2)26-18-8-13(4-7-17(18)25-3)19-22-15-6-5-14(9-16(15)23-19)24-11-20-10-21-24/h4-12H,1-3H3,(H,22,23). The SMILES string of the molecule is COc1ccc(-c2nc3cc(-n4cncn4)ccc3[nH]2)cc1OC(C)C. The van der Waals surface area contributed by atoms with Crippen molar-refractivity contribution in [2.45, 2.75) is 20.0 Å². The van der Waals surface area contributed by atoms with Crippen molar-refractivity contribution in [3.63, 3.8) is 0 Å². The summed E-state index contributed by atoms with van der Waals surface area (Å²) in [5.41, 5.74) is 3.65. The summed E-state index contributed by atoms with van der Waals surface area (Å²) in [7, 11) is 1.63. The van der Waals surface area contributed by atoms with Crippen LogP contribution < -0.4 is 9.47 Å². The minimum atomic E-state index is 0.0556. The van der Waals surface area contributed by atoms with Gasteiger partial charge in [0.05, 0.1) is 29.9 Å². The first kappa shape index (κ1) is 16.1. The fourth-order valence-corrected chi connectivity index (χ4v) is 2.79. The van der Waals surface area contributed by atoms with Gasteiger partial charge in [-0.15, -0.1) is 0 Å². The van der Waals surface area contributed by atoms with Crippen LogP contribution in [-0.4, -0.2) is 37.9 Å². The first-order valence-electron chi connectivity index (χ1n) is 8.34. The molecule has 4 rings (SSSR count). The Labute approximate surface area is 150 Å². The maximum atomic E-state index is 5.86. The van der Waals surface area contributed by atoms with E-state index in [9.17, 15) is 0 Å². The molecule has 0 radical (unpaired) electrons. The minimum absolute atomic E-state index is 0.0556. The number of hydrogen-bond acceptors (Lipinski definition) is 5. The number of methoxy groups -OCH3 is 1. The normalized spacial score (nSPS) is 11.2. The predicted molar refractivity (Wildman–Crippen MR) is 98.8 cm³/mol. The van der Waals surface area contributed by atoms with Gasteiger partial charge in [0.25, 0.3) is 0 Å². The lowest BCUT2D eigenvalue weighted by Gasteiger charge is -2.14. The highest BCUT2D eigenvalue weighted by Crippen LogP contribution is 2.33. The number of nitrogens with one attached hydrogen (secondary N) is 1. The summed E-state index contributed by atoms with van der Waals surface area (Å²) in [5.74, 6) is 2.17. The number of benzene rings is 2. The van der Waals surface area contributed by atoms with Crippen LogP contribution in [0.5, 0.6) is 11.5 Å². The number of nitrogens with zero attached hydrogens (tertiary/aromatic N) is 4. The van der Waals surface area contributed by atoms with E-state index in [-0.39, 0.29) is 6.10 Å². The van der Waals surface area contributed by atoms with E-state index < -0.39 is 0 Å². The second-order valence-electron chi connectivity index (χ2n) is 6.16. The molecule has 0 unspecified atom stereocenters. The monoisotopic (exact) mass is 349 g/mol. The Bertz CT molecular complexity index is 1040. The summed E-state index contributed by atoms with van der Waals surface area (Å²) in [6.07, 6.45) is 3.22. The highest BCUT2D eigenvalue weighted by atomic mass is 16.5. The molecule has 0 saturated heterocycles.